The first kappa shape index (κ1) is 11.6. The van der Waals surface area contributed by atoms with Crippen molar-refractivity contribution in [2.45, 2.75) is 39.5 Å². The maximum absolute atomic E-state index is 5.84. The summed E-state index contributed by atoms with van der Waals surface area (Å²) in [6.45, 7) is 8.52. The Balaban J connectivity index is 2.70. The number of nitrogens with zero attached hydrogens (tertiary/aromatic N) is 1. The molecule has 0 saturated carbocycles. The van der Waals surface area contributed by atoms with Crippen LogP contribution in [-0.4, -0.2) is 4.98 Å². The highest BCUT2D eigenvalue weighted by molar-refractivity contribution is 9.10. The maximum Gasteiger partial charge on any atom is 0.198 e. The maximum atomic E-state index is 5.84. The first-order valence-corrected chi connectivity index (χ1v) is 6.38. The molecule has 3 heteroatoms. The van der Waals surface area contributed by atoms with Crippen molar-refractivity contribution in [2.75, 3.05) is 0 Å². The zero-order valence-corrected chi connectivity index (χ0v) is 11.6. The molecule has 2 aromatic rings. The number of aromatic nitrogens is 1. The van der Waals surface area contributed by atoms with E-state index in [0.29, 0.717) is 11.8 Å². The van der Waals surface area contributed by atoms with Crippen LogP contribution < -0.4 is 0 Å². The Kier molecular flexibility index (Phi) is 3.06. The van der Waals surface area contributed by atoms with Crippen LogP contribution in [0.5, 0.6) is 0 Å². The lowest BCUT2D eigenvalue weighted by atomic mass is 10.0. The van der Waals surface area contributed by atoms with E-state index in [-0.39, 0.29) is 0 Å². The molecule has 0 saturated heterocycles. The van der Waals surface area contributed by atoms with Gasteiger partial charge in [-0.3, -0.25) is 0 Å². The molecule has 0 aliphatic carbocycles. The molecule has 0 atom stereocenters. The molecule has 0 aliphatic heterocycles. The topological polar surface area (TPSA) is 26.0 Å². The first-order chi connectivity index (χ1) is 7.49. The van der Waals surface area contributed by atoms with E-state index in [2.05, 4.69) is 54.7 Å². The Morgan fingerprint density at radius 1 is 1.12 bits per heavy atom. The van der Waals surface area contributed by atoms with Crippen molar-refractivity contribution in [1.29, 1.82) is 0 Å². The molecule has 1 aromatic carbocycles. The van der Waals surface area contributed by atoms with Gasteiger partial charge in [-0.2, -0.15) is 0 Å². The molecule has 0 spiro atoms. The third kappa shape index (κ3) is 2.01. The molecule has 0 bridgehead atoms. The van der Waals surface area contributed by atoms with Crippen LogP contribution >= 0.6 is 15.9 Å². The summed E-state index contributed by atoms with van der Waals surface area (Å²) in [4.78, 5) is 4.52. The highest BCUT2D eigenvalue weighted by Crippen LogP contribution is 2.31. The molecule has 0 N–H and O–H groups in total. The van der Waals surface area contributed by atoms with Crippen LogP contribution in [0.2, 0.25) is 0 Å². The molecule has 2 nitrogen and oxygen atoms in total. The molecule has 0 aliphatic rings. The van der Waals surface area contributed by atoms with Gasteiger partial charge in [-0.25, -0.2) is 4.98 Å². The van der Waals surface area contributed by atoms with E-state index in [1.54, 1.807) is 0 Å². The van der Waals surface area contributed by atoms with Gasteiger partial charge in [0.2, 0.25) is 0 Å². The smallest absolute Gasteiger partial charge is 0.198 e. The Bertz CT molecular complexity index is 514. The summed E-state index contributed by atoms with van der Waals surface area (Å²) < 4.78 is 6.91. The number of oxazole rings is 1. The quantitative estimate of drug-likeness (QED) is 0.788. The summed E-state index contributed by atoms with van der Waals surface area (Å²) in [7, 11) is 0. The van der Waals surface area contributed by atoms with Crippen molar-refractivity contribution >= 4 is 27.0 Å². The van der Waals surface area contributed by atoms with Crippen LogP contribution in [0, 0.1) is 0 Å². The normalized spacial score (nSPS) is 11.9. The largest absolute Gasteiger partial charge is 0.440 e. The van der Waals surface area contributed by atoms with Crippen LogP contribution in [0.25, 0.3) is 11.1 Å². The van der Waals surface area contributed by atoms with Gasteiger partial charge in [-0.15, -0.1) is 0 Å². The molecule has 86 valence electrons. The molecule has 1 aromatic heterocycles. The van der Waals surface area contributed by atoms with Gasteiger partial charge in [-0.1, -0.05) is 43.6 Å². The minimum atomic E-state index is 0.325. The average Bonchev–Trinajstić information content (AvgIpc) is 2.59. The molecule has 0 fully saturated rings. The van der Waals surface area contributed by atoms with Gasteiger partial charge in [0, 0.05) is 16.0 Å². The minimum absolute atomic E-state index is 0.325. The Labute approximate surface area is 104 Å². The second kappa shape index (κ2) is 4.21. The first-order valence-electron chi connectivity index (χ1n) is 5.59. The molecule has 2 rings (SSSR count). The molecule has 16 heavy (non-hydrogen) atoms. The van der Waals surface area contributed by atoms with E-state index < -0.39 is 0 Å². The van der Waals surface area contributed by atoms with E-state index in [0.717, 1.165) is 21.5 Å². The van der Waals surface area contributed by atoms with Crippen molar-refractivity contribution in [1.82, 2.24) is 4.98 Å². The molecule has 0 unspecified atom stereocenters. The Morgan fingerprint density at radius 3 is 2.38 bits per heavy atom. The van der Waals surface area contributed by atoms with Gasteiger partial charge in [0.1, 0.15) is 5.52 Å². The lowest BCUT2D eigenvalue weighted by molar-refractivity contribution is 0.498. The molecule has 1 heterocycles. The monoisotopic (exact) mass is 281 g/mol. The number of hydrogen-bond acceptors (Lipinski definition) is 2. The van der Waals surface area contributed by atoms with E-state index in [1.807, 2.05) is 6.07 Å². The lowest BCUT2D eigenvalue weighted by Crippen LogP contribution is -1.88. The van der Waals surface area contributed by atoms with Gasteiger partial charge >= 0.3 is 0 Å². The van der Waals surface area contributed by atoms with Crippen molar-refractivity contribution < 1.29 is 4.42 Å². The van der Waals surface area contributed by atoms with Crippen LogP contribution in [0.1, 0.15) is 51.0 Å². The van der Waals surface area contributed by atoms with Gasteiger partial charge < -0.3 is 4.42 Å². The van der Waals surface area contributed by atoms with Crippen molar-refractivity contribution in [2.24, 2.45) is 0 Å². The van der Waals surface area contributed by atoms with Crippen molar-refractivity contribution in [3.05, 3.63) is 28.1 Å². The predicted octanol–water partition coefficient (Wildman–Crippen LogP) is 4.84. The highest BCUT2D eigenvalue weighted by atomic mass is 79.9. The zero-order chi connectivity index (χ0) is 11.9. The SMILES string of the molecule is CC(C)c1nc2cc(Br)cc(C(C)C)c2o1. The summed E-state index contributed by atoms with van der Waals surface area (Å²) >= 11 is 3.52. The third-order valence-corrected chi connectivity index (χ3v) is 3.07. The number of benzene rings is 1. The molecular weight excluding hydrogens is 266 g/mol. The summed E-state index contributed by atoms with van der Waals surface area (Å²) in [6, 6.07) is 4.12. The van der Waals surface area contributed by atoms with Crippen molar-refractivity contribution in [3.63, 3.8) is 0 Å². The second-order valence-corrected chi connectivity index (χ2v) is 5.62. The average molecular weight is 282 g/mol. The summed E-state index contributed by atoms with van der Waals surface area (Å²) in [5, 5.41) is 0. The van der Waals surface area contributed by atoms with Crippen LogP contribution in [0.4, 0.5) is 0 Å². The molecule has 0 amide bonds. The summed E-state index contributed by atoms with van der Waals surface area (Å²) in [6.07, 6.45) is 0. The van der Waals surface area contributed by atoms with E-state index in [9.17, 15) is 0 Å². The van der Waals surface area contributed by atoms with Gasteiger partial charge in [0.25, 0.3) is 0 Å². The molecule has 0 radical (unpaired) electrons. The number of fused-ring (bicyclic) bond motifs is 1. The standard InChI is InChI=1S/C13H16BrNO/c1-7(2)10-5-9(14)6-11-12(10)16-13(15-11)8(3)4/h5-8H,1-4H3. The zero-order valence-electron chi connectivity index (χ0n) is 10.0. The van der Waals surface area contributed by atoms with E-state index >= 15 is 0 Å². The third-order valence-electron chi connectivity index (χ3n) is 2.62. The fraction of sp³-hybridized carbons (Fsp3) is 0.462. The van der Waals surface area contributed by atoms with Crippen LogP contribution in [0.3, 0.4) is 0 Å². The fourth-order valence-electron chi connectivity index (χ4n) is 1.72. The minimum Gasteiger partial charge on any atom is -0.440 e. The van der Waals surface area contributed by atoms with E-state index in [1.165, 1.54) is 5.56 Å². The van der Waals surface area contributed by atoms with Gasteiger partial charge in [-0.05, 0) is 18.1 Å². The number of hydrogen-bond donors (Lipinski definition) is 0. The second-order valence-electron chi connectivity index (χ2n) is 4.70. The Morgan fingerprint density at radius 2 is 1.81 bits per heavy atom. The number of rotatable bonds is 2. The Hall–Kier alpha value is -0.830. The van der Waals surface area contributed by atoms with Crippen LogP contribution in [0.15, 0.2) is 21.0 Å². The lowest BCUT2D eigenvalue weighted by Gasteiger charge is -2.05. The molecular formula is C13H16BrNO. The van der Waals surface area contributed by atoms with Gasteiger partial charge in [0.05, 0.1) is 0 Å². The summed E-state index contributed by atoms with van der Waals surface area (Å²) in [5.74, 6) is 1.58. The predicted molar refractivity (Wildman–Crippen MR) is 69.9 cm³/mol. The van der Waals surface area contributed by atoms with Gasteiger partial charge in [0.15, 0.2) is 11.5 Å². The van der Waals surface area contributed by atoms with Crippen LogP contribution in [-0.2, 0) is 0 Å². The number of halogens is 1. The fourth-order valence-corrected chi connectivity index (χ4v) is 2.18. The van der Waals surface area contributed by atoms with Crippen molar-refractivity contribution in [3.8, 4) is 0 Å². The van der Waals surface area contributed by atoms with E-state index in [4.69, 9.17) is 4.42 Å². The summed E-state index contributed by atoms with van der Waals surface area (Å²) in [5.41, 5.74) is 3.09. The highest BCUT2D eigenvalue weighted by Gasteiger charge is 2.15.